The van der Waals surface area contributed by atoms with Crippen molar-refractivity contribution in [1.29, 1.82) is 0 Å². The third-order valence-electron chi connectivity index (χ3n) is 3.97. The zero-order chi connectivity index (χ0) is 14.4. The molecule has 0 atom stereocenters. The minimum atomic E-state index is -0.680. The van der Waals surface area contributed by atoms with Crippen LogP contribution in [0, 0.1) is 5.92 Å². The first-order valence-corrected chi connectivity index (χ1v) is 7.50. The van der Waals surface area contributed by atoms with E-state index < -0.39 is 5.97 Å². The van der Waals surface area contributed by atoms with Crippen molar-refractivity contribution in [2.75, 3.05) is 13.1 Å². The molecule has 0 radical (unpaired) electrons. The number of likely N-dealkylation sites (tertiary alicyclic amines) is 1. The molecule has 0 spiro atoms. The number of hydrogen-bond donors (Lipinski definition) is 1. The molecule has 20 heavy (non-hydrogen) atoms. The molecule has 0 amide bonds. The highest BCUT2D eigenvalue weighted by Crippen LogP contribution is 2.22. The highest BCUT2D eigenvalue weighted by atomic mass is 16.4. The molecule has 2 heterocycles. The van der Waals surface area contributed by atoms with Crippen molar-refractivity contribution < 1.29 is 9.90 Å². The van der Waals surface area contributed by atoms with Crippen molar-refractivity contribution in [3.8, 4) is 0 Å². The van der Waals surface area contributed by atoms with Crippen LogP contribution in [-0.4, -0.2) is 43.8 Å². The van der Waals surface area contributed by atoms with Crippen molar-refractivity contribution in [2.24, 2.45) is 5.92 Å². The average molecular weight is 280 g/mol. The van der Waals surface area contributed by atoms with E-state index in [0.717, 1.165) is 57.7 Å². The van der Waals surface area contributed by atoms with Gasteiger partial charge in [0.25, 0.3) is 0 Å². The molecular formula is C14H24N4O2. The Balaban J connectivity index is 1.76. The Bertz CT molecular complexity index is 425. The van der Waals surface area contributed by atoms with Gasteiger partial charge in [-0.05, 0) is 44.7 Å². The predicted octanol–water partition coefficient (Wildman–Crippen LogP) is 1.76. The Morgan fingerprint density at radius 1 is 1.45 bits per heavy atom. The van der Waals surface area contributed by atoms with Crippen molar-refractivity contribution in [2.45, 2.75) is 52.1 Å². The summed E-state index contributed by atoms with van der Waals surface area (Å²) < 4.78 is 1.98. The van der Waals surface area contributed by atoms with Crippen molar-refractivity contribution in [1.82, 2.24) is 19.7 Å². The number of aliphatic carboxylic acids is 1. The van der Waals surface area contributed by atoms with Gasteiger partial charge in [-0.3, -0.25) is 9.69 Å². The molecule has 0 unspecified atom stereocenters. The minimum Gasteiger partial charge on any atom is -0.481 e. The summed E-state index contributed by atoms with van der Waals surface area (Å²) in [7, 11) is 0. The van der Waals surface area contributed by atoms with Crippen LogP contribution in [0.4, 0.5) is 0 Å². The maximum absolute atomic E-state index is 10.6. The van der Waals surface area contributed by atoms with Crippen LogP contribution >= 0.6 is 0 Å². The Morgan fingerprint density at radius 2 is 2.20 bits per heavy atom. The van der Waals surface area contributed by atoms with Gasteiger partial charge < -0.3 is 5.11 Å². The quantitative estimate of drug-likeness (QED) is 0.824. The molecule has 0 saturated carbocycles. The zero-order valence-electron chi connectivity index (χ0n) is 12.2. The van der Waals surface area contributed by atoms with Crippen LogP contribution in [0.25, 0.3) is 0 Å². The molecule has 0 aromatic carbocycles. The standard InChI is InChI=1S/C14H24N4O2/c1-2-7-18-13(15-11-16-18)10-17-8-5-12(6-9-17)3-4-14(19)20/h11-12H,2-10H2,1H3,(H,19,20). The molecule has 1 N–H and O–H groups in total. The second kappa shape index (κ2) is 7.38. The molecule has 6 heteroatoms. The fraction of sp³-hybridized carbons (Fsp3) is 0.786. The number of carboxylic acid groups (broad SMARTS) is 1. The Labute approximate surface area is 119 Å². The van der Waals surface area contributed by atoms with Crippen LogP contribution in [0.1, 0.15) is 44.9 Å². The van der Waals surface area contributed by atoms with E-state index >= 15 is 0 Å². The highest BCUT2D eigenvalue weighted by Gasteiger charge is 2.21. The molecule has 1 aromatic heterocycles. The fourth-order valence-corrected chi connectivity index (χ4v) is 2.77. The molecule has 1 aliphatic rings. The Kier molecular flexibility index (Phi) is 5.52. The molecule has 1 fully saturated rings. The summed E-state index contributed by atoms with van der Waals surface area (Å²) in [6.07, 6.45) is 5.99. The first kappa shape index (κ1) is 15.0. The first-order chi connectivity index (χ1) is 9.69. The van der Waals surface area contributed by atoms with E-state index in [1.54, 1.807) is 6.33 Å². The predicted molar refractivity (Wildman–Crippen MR) is 75.2 cm³/mol. The normalized spacial score (nSPS) is 17.4. The minimum absolute atomic E-state index is 0.301. The third kappa shape index (κ3) is 4.30. The van der Waals surface area contributed by atoms with Gasteiger partial charge in [-0.1, -0.05) is 6.92 Å². The Morgan fingerprint density at radius 3 is 2.85 bits per heavy atom. The van der Waals surface area contributed by atoms with Gasteiger partial charge in [-0.25, -0.2) is 9.67 Å². The van der Waals surface area contributed by atoms with E-state index in [9.17, 15) is 4.79 Å². The lowest BCUT2D eigenvalue weighted by Crippen LogP contribution is -2.34. The third-order valence-corrected chi connectivity index (χ3v) is 3.97. The summed E-state index contributed by atoms with van der Waals surface area (Å²) in [5.74, 6) is 0.923. The number of nitrogens with zero attached hydrogens (tertiary/aromatic N) is 4. The summed E-state index contributed by atoms with van der Waals surface area (Å²) >= 11 is 0. The van der Waals surface area contributed by atoms with Gasteiger partial charge in [0, 0.05) is 13.0 Å². The van der Waals surface area contributed by atoms with Gasteiger partial charge >= 0.3 is 5.97 Å². The molecule has 2 rings (SSSR count). The summed E-state index contributed by atoms with van der Waals surface area (Å²) in [5.41, 5.74) is 0. The van der Waals surface area contributed by atoms with E-state index in [-0.39, 0.29) is 0 Å². The maximum Gasteiger partial charge on any atom is 0.303 e. The lowest BCUT2D eigenvalue weighted by molar-refractivity contribution is -0.137. The van der Waals surface area contributed by atoms with Gasteiger partial charge in [-0.2, -0.15) is 5.10 Å². The van der Waals surface area contributed by atoms with Crippen molar-refractivity contribution in [3.63, 3.8) is 0 Å². The van der Waals surface area contributed by atoms with E-state index in [2.05, 4.69) is 21.9 Å². The molecule has 6 nitrogen and oxygen atoms in total. The number of rotatable bonds is 7. The number of aryl methyl sites for hydroxylation is 1. The van der Waals surface area contributed by atoms with Crippen LogP contribution in [0.3, 0.4) is 0 Å². The largest absolute Gasteiger partial charge is 0.481 e. The monoisotopic (exact) mass is 280 g/mol. The van der Waals surface area contributed by atoms with Crippen molar-refractivity contribution in [3.05, 3.63) is 12.2 Å². The topological polar surface area (TPSA) is 71.2 Å². The van der Waals surface area contributed by atoms with E-state index in [4.69, 9.17) is 5.11 Å². The molecular weight excluding hydrogens is 256 g/mol. The number of hydrogen-bond acceptors (Lipinski definition) is 4. The number of piperidine rings is 1. The first-order valence-electron chi connectivity index (χ1n) is 7.50. The number of carbonyl (C=O) groups is 1. The summed E-state index contributed by atoms with van der Waals surface area (Å²) in [6, 6.07) is 0. The second-order valence-electron chi connectivity index (χ2n) is 5.55. The lowest BCUT2D eigenvalue weighted by atomic mass is 9.92. The molecule has 112 valence electrons. The highest BCUT2D eigenvalue weighted by molar-refractivity contribution is 5.66. The maximum atomic E-state index is 10.6. The van der Waals surface area contributed by atoms with E-state index in [1.165, 1.54) is 0 Å². The summed E-state index contributed by atoms with van der Waals surface area (Å²) in [6.45, 7) is 5.97. The van der Waals surface area contributed by atoms with Crippen molar-refractivity contribution >= 4 is 5.97 Å². The molecule has 0 aliphatic carbocycles. The average Bonchev–Trinajstić information content (AvgIpc) is 2.86. The SMILES string of the molecule is CCCn1ncnc1CN1CCC(CCC(=O)O)CC1. The molecule has 0 bridgehead atoms. The Hall–Kier alpha value is -1.43. The molecule has 1 aromatic rings. The van der Waals surface area contributed by atoms with Gasteiger partial charge in [-0.15, -0.1) is 0 Å². The second-order valence-corrected chi connectivity index (χ2v) is 5.55. The van der Waals surface area contributed by atoms with Gasteiger partial charge in [0.05, 0.1) is 6.54 Å². The molecule has 1 saturated heterocycles. The van der Waals surface area contributed by atoms with Crippen LogP contribution in [-0.2, 0) is 17.9 Å². The van der Waals surface area contributed by atoms with Gasteiger partial charge in [0.2, 0.25) is 0 Å². The molecule has 1 aliphatic heterocycles. The lowest BCUT2D eigenvalue weighted by Gasteiger charge is -2.31. The fourth-order valence-electron chi connectivity index (χ4n) is 2.77. The number of aromatic nitrogens is 3. The smallest absolute Gasteiger partial charge is 0.303 e. The van der Waals surface area contributed by atoms with Gasteiger partial charge in [0.15, 0.2) is 0 Å². The van der Waals surface area contributed by atoms with Gasteiger partial charge in [0.1, 0.15) is 12.2 Å². The van der Waals surface area contributed by atoms with Crippen LogP contribution in [0.5, 0.6) is 0 Å². The van der Waals surface area contributed by atoms with Crippen LogP contribution in [0.15, 0.2) is 6.33 Å². The van der Waals surface area contributed by atoms with E-state index in [0.29, 0.717) is 12.3 Å². The van der Waals surface area contributed by atoms with E-state index in [1.807, 2.05) is 4.68 Å². The van der Waals surface area contributed by atoms with Crippen LogP contribution < -0.4 is 0 Å². The summed E-state index contributed by atoms with van der Waals surface area (Å²) in [4.78, 5) is 17.3. The van der Waals surface area contributed by atoms with Crippen LogP contribution in [0.2, 0.25) is 0 Å². The zero-order valence-corrected chi connectivity index (χ0v) is 12.2. The summed E-state index contributed by atoms with van der Waals surface area (Å²) in [5, 5.41) is 13.0. The number of carboxylic acids is 1.